The molecule has 1 heterocycles. The van der Waals surface area contributed by atoms with Gasteiger partial charge >= 0.3 is 0 Å². The number of hydrogen-bond acceptors (Lipinski definition) is 4. The molecule has 0 amide bonds. The van der Waals surface area contributed by atoms with Gasteiger partial charge in [0, 0.05) is 17.0 Å². The van der Waals surface area contributed by atoms with Gasteiger partial charge in [-0.2, -0.15) is 5.26 Å². The lowest BCUT2D eigenvalue weighted by Gasteiger charge is -2.08. The molecule has 4 rings (SSSR count). The molecule has 1 aromatic heterocycles. The fourth-order valence-electron chi connectivity index (χ4n) is 3.32. The van der Waals surface area contributed by atoms with Gasteiger partial charge < -0.3 is 5.11 Å². The van der Waals surface area contributed by atoms with E-state index in [1.165, 1.54) is 5.56 Å². The molecule has 0 aliphatic heterocycles. The Morgan fingerprint density at radius 1 is 1.00 bits per heavy atom. The zero-order chi connectivity index (χ0) is 21.1. The summed E-state index contributed by atoms with van der Waals surface area (Å²) >= 11 is 0. The number of H-pyrrole nitrogens is 1. The van der Waals surface area contributed by atoms with E-state index >= 15 is 0 Å². The second-order valence-electron chi connectivity index (χ2n) is 7.10. The van der Waals surface area contributed by atoms with E-state index in [9.17, 15) is 9.90 Å². The number of fused-ring (bicyclic) bond motifs is 1. The summed E-state index contributed by atoms with van der Waals surface area (Å²) in [5.41, 5.74) is 4.83. The first kappa shape index (κ1) is 19.2. The summed E-state index contributed by atoms with van der Waals surface area (Å²) in [5.74, 6) is -0.224. The summed E-state index contributed by atoms with van der Waals surface area (Å²) in [5, 5.41) is 20.3. The molecule has 0 fully saturated rings. The van der Waals surface area contributed by atoms with Gasteiger partial charge in [-0.15, -0.1) is 0 Å². The van der Waals surface area contributed by atoms with Crippen molar-refractivity contribution < 1.29 is 5.11 Å². The molecule has 146 valence electrons. The molecule has 0 saturated heterocycles. The fourth-order valence-corrected chi connectivity index (χ4v) is 3.32. The van der Waals surface area contributed by atoms with Crippen LogP contribution in [0.25, 0.3) is 21.9 Å². The molecule has 0 unspecified atom stereocenters. The van der Waals surface area contributed by atoms with Gasteiger partial charge in [-0.05, 0) is 47.9 Å². The standard InChI is InChI=1S/C25H19N3O2/c1-16-2-6-18(7-3-16)19-8-11-21-22(14-19)23(25(30)28-24(21)29)15-27-20-9-4-17(5-10-20)12-13-26/h2-11,14-15H,12H2,1H3,(H2,28,29,30). The molecular formula is C25H19N3O2. The summed E-state index contributed by atoms with van der Waals surface area (Å²) in [4.78, 5) is 19.3. The number of aliphatic imine (C=N–C) groups is 1. The maximum atomic E-state index is 12.3. The Morgan fingerprint density at radius 2 is 1.70 bits per heavy atom. The first-order valence-electron chi connectivity index (χ1n) is 9.51. The molecule has 30 heavy (non-hydrogen) atoms. The van der Waals surface area contributed by atoms with E-state index in [-0.39, 0.29) is 11.4 Å². The van der Waals surface area contributed by atoms with Gasteiger partial charge in [0.1, 0.15) is 0 Å². The van der Waals surface area contributed by atoms with Crippen LogP contribution >= 0.6 is 0 Å². The normalized spacial score (nSPS) is 11.1. The minimum atomic E-state index is -0.351. The number of nitriles is 1. The molecule has 0 aliphatic rings. The molecule has 3 aromatic carbocycles. The maximum absolute atomic E-state index is 12.3. The van der Waals surface area contributed by atoms with Gasteiger partial charge in [0.05, 0.1) is 23.7 Å². The Labute approximate surface area is 173 Å². The Hall–Kier alpha value is -4.17. The number of aromatic amines is 1. The second kappa shape index (κ2) is 8.06. The van der Waals surface area contributed by atoms with Crippen LogP contribution in [-0.2, 0) is 6.42 Å². The van der Waals surface area contributed by atoms with E-state index in [0.717, 1.165) is 16.7 Å². The number of pyridine rings is 1. The van der Waals surface area contributed by atoms with Crippen molar-refractivity contribution in [2.45, 2.75) is 13.3 Å². The van der Waals surface area contributed by atoms with Crippen molar-refractivity contribution in [2.75, 3.05) is 0 Å². The molecule has 5 nitrogen and oxygen atoms in total. The first-order valence-corrected chi connectivity index (χ1v) is 9.51. The van der Waals surface area contributed by atoms with E-state index in [2.05, 4.69) is 16.0 Å². The highest BCUT2D eigenvalue weighted by Gasteiger charge is 2.11. The first-order chi connectivity index (χ1) is 14.5. The predicted molar refractivity (Wildman–Crippen MR) is 119 cm³/mol. The second-order valence-corrected chi connectivity index (χ2v) is 7.10. The number of rotatable bonds is 4. The van der Waals surface area contributed by atoms with Crippen molar-refractivity contribution in [3.63, 3.8) is 0 Å². The monoisotopic (exact) mass is 393 g/mol. The molecule has 0 saturated carbocycles. The molecule has 4 aromatic rings. The van der Waals surface area contributed by atoms with Crippen molar-refractivity contribution in [2.24, 2.45) is 4.99 Å². The predicted octanol–water partition coefficient (Wildman–Crippen LogP) is 5.03. The SMILES string of the molecule is Cc1ccc(-c2ccc3c(=O)[nH]c(O)c(C=Nc4ccc(CC#N)cc4)c3c2)cc1. The van der Waals surface area contributed by atoms with Crippen molar-refractivity contribution >= 4 is 22.7 Å². The fraction of sp³-hybridized carbons (Fsp3) is 0.0800. The van der Waals surface area contributed by atoms with E-state index < -0.39 is 0 Å². The Morgan fingerprint density at radius 3 is 2.40 bits per heavy atom. The maximum Gasteiger partial charge on any atom is 0.258 e. The summed E-state index contributed by atoms with van der Waals surface area (Å²) in [7, 11) is 0. The van der Waals surface area contributed by atoms with Crippen LogP contribution in [0.2, 0.25) is 0 Å². The summed E-state index contributed by atoms with van der Waals surface area (Å²) in [6.45, 7) is 2.03. The largest absolute Gasteiger partial charge is 0.494 e. The summed E-state index contributed by atoms with van der Waals surface area (Å²) < 4.78 is 0. The molecule has 0 atom stereocenters. The number of benzene rings is 3. The Balaban J connectivity index is 1.79. The van der Waals surface area contributed by atoms with Crippen LogP contribution in [0.15, 0.2) is 76.5 Å². The average Bonchev–Trinajstić information content (AvgIpc) is 2.75. The smallest absolute Gasteiger partial charge is 0.258 e. The van der Waals surface area contributed by atoms with E-state index in [0.29, 0.717) is 28.4 Å². The number of aromatic hydroxyl groups is 1. The molecule has 5 heteroatoms. The third kappa shape index (κ3) is 3.85. The van der Waals surface area contributed by atoms with Gasteiger partial charge in [0.15, 0.2) is 0 Å². The average molecular weight is 393 g/mol. The van der Waals surface area contributed by atoms with Crippen molar-refractivity contribution in [3.05, 3.63) is 93.8 Å². The van der Waals surface area contributed by atoms with Crippen LogP contribution in [0.4, 0.5) is 5.69 Å². The Bertz CT molecular complexity index is 1340. The lowest BCUT2D eigenvalue weighted by Crippen LogP contribution is -2.08. The van der Waals surface area contributed by atoms with Crippen molar-refractivity contribution in [1.29, 1.82) is 5.26 Å². The zero-order valence-corrected chi connectivity index (χ0v) is 16.4. The van der Waals surface area contributed by atoms with E-state index in [4.69, 9.17) is 5.26 Å². The highest BCUT2D eigenvalue weighted by molar-refractivity contribution is 6.03. The van der Waals surface area contributed by atoms with Gasteiger partial charge in [0.2, 0.25) is 5.88 Å². The van der Waals surface area contributed by atoms with Crippen molar-refractivity contribution in [1.82, 2.24) is 4.98 Å². The van der Waals surface area contributed by atoms with Crippen molar-refractivity contribution in [3.8, 4) is 23.1 Å². The Kier molecular flexibility index (Phi) is 5.15. The highest BCUT2D eigenvalue weighted by Crippen LogP contribution is 2.28. The number of hydrogen-bond donors (Lipinski definition) is 2. The van der Waals surface area contributed by atoms with Gasteiger partial charge in [-0.3, -0.25) is 14.8 Å². The van der Waals surface area contributed by atoms with Crippen LogP contribution in [-0.4, -0.2) is 16.3 Å². The lowest BCUT2D eigenvalue weighted by atomic mass is 9.99. The summed E-state index contributed by atoms with van der Waals surface area (Å²) in [6.07, 6.45) is 1.89. The third-order valence-corrected chi connectivity index (χ3v) is 4.99. The molecular weight excluding hydrogens is 374 g/mol. The third-order valence-electron chi connectivity index (χ3n) is 4.99. The van der Waals surface area contributed by atoms with Crippen LogP contribution in [0.1, 0.15) is 16.7 Å². The minimum absolute atomic E-state index is 0.224. The minimum Gasteiger partial charge on any atom is -0.494 e. The number of aryl methyl sites for hydroxylation is 1. The topological polar surface area (TPSA) is 89.2 Å². The molecule has 0 radical (unpaired) electrons. The highest BCUT2D eigenvalue weighted by atomic mass is 16.3. The quantitative estimate of drug-likeness (QED) is 0.477. The number of nitrogens with zero attached hydrogens (tertiary/aromatic N) is 2. The van der Waals surface area contributed by atoms with Gasteiger partial charge in [-0.25, -0.2) is 0 Å². The molecule has 2 N–H and O–H groups in total. The van der Waals surface area contributed by atoms with E-state index in [1.54, 1.807) is 12.3 Å². The molecule has 0 bridgehead atoms. The van der Waals surface area contributed by atoms with Crippen LogP contribution in [0.3, 0.4) is 0 Å². The van der Waals surface area contributed by atoms with Gasteiger partial charge in [0.25, 0.3) is 5.56 Å². The summed E-state index contributed by atoms with van der Waals surface area (Å²) in [6, 6.07) is 23.1. The van der Waals surface area contributed by atoms with Crippen LogP contribution < -0.4 is 5.56 Å². The van der Waals surface area contributed by atoms with Crippen LogP contribution in [0.5, 0.6) is 5.88 Å². The zero-order valence-electron chi connectivity index (χ0n) is 16.4. The molecule has 0 spiro atoms. The lowest BCUT2D eigenvalue weighted by molar-refractivity contribution is 0.452. The number of aromatic nitrogens is 1. The number of nitrogens with one attached hydrogen (secondary N) is 1. The van der Waals surface area contributed by atoms with Gasteiger partial charge in [-0.1, -0.05) is 48.0 Å². The molecule has 0 aliphatic carbocycles. The van der Waals surface area contributed by atoms with E-state index in [1.807, 2.05) is 67.6 Å². The van der Waals surface area contributed by atoms with Crippen LogP contribution in [0, 0.1) is 18.3 Å².